The van der Waals surface area contributed by atoms with Crippen LogP contribution in [0.5, 0.6) is 5.75 Å². The summed E-state index contributed by atoms with van der Waals surface area (Å²) in [6.07, 6.45) is 1.36. The Bertz CT molecular complexity index is 900. The molecule has 5 heteroatoms. The fourth-order valence-electron chi connectivity index (χ4n) is 3.15. The zero-order valence-corrected chi connectivity index (χ0v) is 16.2. The molecule has 1 unspecified atom stereocenters. The SMILES string of the molecule is CCCC(=O)NC(C)c1nc2ccccc2n1CCOc1ccc(C)cc1. The van der Waals surface area contributed by atoms with Gasteiger partial charge in [-0.3, -0.25) is 4.79 Å². The summed E-state index contributed by atoms with van der Waals surface area (Å²) in [6, 6.07) is 15.9. The molecule has 5 nitrogen and oxygen atoms in total. The van der Waals surface area contributed by atoms with Crippen LogP contribution in [0, 0.1) is 6.92 Å². The maximum atomic E-state index is 12.0. The summed E-state index contributed by atoms with van der Waals surface area (Å²) in [5, 5.41) is 3.05. The van der Waals surface area contributed by atoms with Gasteiger partial charge in [0.15, 0.2) is 0 Å². The molecule has 3 aromatic rings. The van der Waals surface area contributed by atoms with Crippen molar-refractivity contribution >= 4 is 16.9 Å². The van der Waals surface area contributed by atoms with Crippen LogP contribution in [-0.2, 0) is 11.3 Å². The van der Waals surface area contributed by atoms with E-state index in [0.717, 1.165) is 29.0 Å². The number of nitrogens with one attached hydrogen (secondary N) is 1. The molecule has 0 bridgehead atoms. The monoisotopic (exact) mass is 365 g/mol. The molecule has 1 aromatic heterocycles. The number of ether oxygens (including phenoxy) is 1. The molecule has 27 heavy (non-hydrogen) atoms. The van der Waals surface area contributed by atoms with Gasteiger partial charge in [0.25, 0.3) is 0 Å². The standard InChI is InChI=1S/C22H27N3O2/c1-4-7-21(26)23-17(3)22-24-19-8-5-6-9-20(19)25(22)14-15-27-18-12-10-16(2)11-13-18/h5-6,8-13,17H,4,7,14-15H2,1-3H3,(H,23,26). The van der Waals surface area contributed by atoms with E-state index in [1.54, 1.807) is 0 Å². The Morgan fingerprint density at radius 1 is 1.19 bits per heavy atom. The van der Waals surface area contributed by atoms with Crippen molar-refractivity contribution in [3.05, 3.63) is 59.9 Å². The largest absolute Gasteiger partial charge is 0.492 e. The van der Waals surface area contributed by atoms with Crippen molar-refractivity contribution < 1.29 is 9.53 Å². The molecule has 1 amide bonds. The van der Waals surface area contributed by atoms with Crippen LogP contribution in [0.4, 0.5) is 0 Å². The fraction of sp³-hybridized carbons (Fsp3) is 0.364. The lowest BCUT2D eigenvalue weighted by atomic mass is 10.2. The Balaban J connectivity index is 1.77. The topological polar surface area (TPSA) is 56.2 Å². The number of fused-ring (bicyclic) bond motifs is 1. The van der Waals surface area contributed by atoms with E-state index in [9.17, 15) is 4.79 Å². The van der Waals surface area contributed by atoms with Crippen molar-refractivity contribution in [3.8, 4) is 5.75 Å². The second-order valence-electron chi connectivity index (χ2n) is 6.81. The number of benzene rings is 2. The maximum absolute atomic E-state index is 12.0. The lowest BCUT2D eigenvalue weighted by Crippen LogP contribution is -2.28. The summed E-state index contributed by atoms with van der Waals surface area (Å²) in [4.78, 5) is 16.8. The lowest BCUT2D eigenvalue weighted by molar-refractivity contribution is -0.121. The summed E-state index contributed by atoms with van der Waals surface area (Å²) in [6.45, 7) is 7.24. The predicted octanol–water partition coefficient (Wildman–Crippen LogP) is 4.40. The first kappa shape index (κ1) is 19.0. The number of carbonyl (C=O) groups excluding carboxylic acids is 1. The predicted molar refractivity (Wildman–Crippen MR) is 108 cm³/mol. The van der Waals surface area contributed by atoms with Crippen LogP contribution in [0.2, 0.25) is 0 Å². The number of imidazole rings is 1. The second-order valence-corrected chi connectivity index (χ2v) is 6.81. The van der Waals surface area contributed by atoms with Gasteiger partial charge >= 0.3 is 0 Å². The minimum atomic E-state index is -0.157. The van der Waals surface area contributed by atoms with Crippen LogP contribution in [0.3, 0.4) is 0 Å². The summed E-state index contributed by atoms with van der Waals surface area (Å²) >= 11 is 0. The quantitative estimate of drug-likeness (QED) is 0.644. The molecule has 1 atom stereocenters. The smallest absolute Gasteiger partial charge is 0.220 e. The molecule has 0 saturated carbocycles. The maximum Gasteiger partial charge on any atom is 0.220 e. The molecule has 3 rings (SSSR count). The van der Waals surface area contributed by atoms with Gasteiger partial charge in [0, 0.05) is 6.42 Å². The minimum Gasteiger partial charge on any atom is -0.492 e. The molecule has 0 aliphatic heterocycles. The Kier molecular flexibility index (Phi) is 6.12. The first-order valence-electron chi connectivity index (χ1n) is 9.52. The molecule has 1 heterocycles. The first-order valence-corrected chi connectivity index (χ1v) is 9.52. The number of amides is 1. The van der Waals surface area contributed by atoms with Gasteiger partial charge in [-0.2, -0.15) is 0 Å². The van der Waals surface area contributed by atoms with Crippen molar-refractivity contribution in [2.24, 2.45) is 0 Å². The molecular formula is C22H27N3O2. The fourth-order valence-corrected chi connectivity index (χ4v) is 3.15. The molecule has 0 fully saturated rings. The van der Waals surface area contributed by atoms with Gasteiger partial charge in [-0.15, -0.1) is 0 Å². The second kappa shape index (κ2) is 8.71. The van der Waals surface area contributed by atoms with Gasteiger partial charge in [-0.1, -0.05) is 36.8 Å². The highest BCUT2D eigenvalue weighted by molar-refractivity contribution is 5.78. The van der Waals surface area contributed by atoms with Crippen LogP contribution >= 0.6 is 0 Å². The summed E-state index contributed by atoms with van der Waals surface area (Å²) in [5.74, 6) is 1.77. The number of hydrogen-bond donors (Lipinski definition) is 1. The van der Waals surface area contributed by atoms with E-state index in [0.29, 0.717) is 19.6 Å². The van der Waals surface area contributed by atoms with E-state index in [1.165, 1.54) is 5.56 Å². The molecule has 1 N–H and O–H groups in total. The number of rotatable bonds is 8. The molecular weight excluding hydrogens is 338 g/mol. The van der Waals surface area contributed by atoms with Crippen molar-refractivity contribution in [1.82, 2.24) is 14.9 Å². The van der Waals surface area contributed by atoms with Gasteiger partial charge in [-0.05, 0) is 44.5 Å². The molecule has 0 aliphatic rings. The third kappa shape index (κ3) is 4.67. The van der Waals surface area contributed by atoms with Crippen molar-refractivity contribution in [2.75, 3.05) is 6.61 Å². The van der Waals surface area contributed by atoms with Crippen LogP contribution < -0.4 is 10.1 Å². The van der Waals surface area contributed by atoms with Gasteiger partial charge in [-0.25, -0.2) is 4.98 Å². The van der Waals surface area contributed by atoms with Crippen LogP contribution in [-0.4, -0.2) is 22.1 Å². The highest BCUT2D eigenvalue weighted by atomic mass is 16.5. The van der Waals surface area contributed by atoms with Crippen molar-refractivity contribution in [3.63, 3.8) is 0 Å². The van der Waals surface area contributed by atoms with E-state index >= 15 is 0 Å². The van der Waals surface area contributed by atoms with Crippen molar-refractivity contribution in [2.45, 2.75) is 46.2 Å². The van der Waals surface area contributed by atoms with Gasteiger partial charge in [0.2, 0.25) is 5.91 Å². The Morgan fingerprint density at radius 2 is 1.93 bits per heavy atom. The summed E-state index contributed by atoms with van der Waals surface area (Å²) in [7, 11) is 0. The highest BCUT2D eigenvalue weighted by Crippen LogP contribution is 2.21. The van der Waals surface area contributed by atoms with E-state index in [1.807, 2.05) is 56.3 Å². The van der Waals surface area contributed by atoms with Crippen molar-refractivity contribution in [1.29, 1.82) is 0 Å². The Labute approximate surface area is 160 Å². The van der Waals surface area contributed by atoms with Crippen LogP contribution in [0.25, 0.3) is 11.0 Å². The third-order valence-electron chi connectivity index (χ3n) is 4.53. The number of aromatic nitrogens is 2. The number of nitrogens with zero attached hydrogens (tertiary/aromatic N) is 2. The summed E-state index contributed by atoms with van der Waals surface area (Å²) in [5.41, 5.74) is 3.19. The van der Waals surface area contributed by atoms with Gasteiger partial charge in [0.1, 0.15) is 18.2 Å². The van der Waals surface area contributed by atoms with E-state index in [4.69, 9.17) is 9.72 Å². The minimum absolute atomic E-state index is 0.0551. The molecule has 2 aromatic carbocycles. The van der Waals surface area contributed by atoms with Crippen LogP contribution in [0.15, 0.2) is 48.5 Å². The Hall–Kier alpha value is -2.82. The van der Waals surface area contributed by atoms with Gasteiger partial charge in [0.05, 0.1) is 23.6 Å². The summed E-state index contributed by atoms with van der Waals surface area (Å²) < 4.78 is 8.04. The number of para-hydroxylation sites is 2. The van der Waals surface area contributed by atoms with E-state index < -0.39 is 0 Å². The zero-order valence-electron chi connectivity index (χ0n) is 16.2. The molecule has 142 valence electrons. The highest BCUT2D eigenvalue weighted by Gasteiger charge is 2.18. The van der Waals surface area contributed by atoms with Gasteiger partial charge < -0.3 is 14.6 Å². The first-order chi connectivity index (χ1) is 13.1. The third-order valence-corrected chi connectivity index (χ3v) is 4.53. The average molecular weight is 365 g/mol. The molecule has 0 spiro atoms. The van der Waals surface area contributed by atoms with E-state index in [2.05, 4.69) is 22.9 Å². The zero-order chi connectivity index (χ0) is 19.2. The van der Waals surface area contributed by atoms with E-state index in [-0.39, 0.29) is 11.9 Å². The molecule has 0 saturated heterocycles. The normalized spacial score (nSPS) is 12.1. The van der Waals surface area contributed by atoms with Crippen LogP contribution in [0.1, 0.15) is 44.1 Å². The number of hydrogen-bond acceptors (Lipinski definition) is 3. The number of carbonyl (C=O) groups is 1. The Morgan fingerprint density at radius 3 is 2.67 bits per heavy atom. The average Bonchev–Trinajstić information content (AvgIpc) is 3.02. The molecule has 0 radical (unpaired) electrons. The molecule has 0 aliphatic carbocycles. The number of aryl methyl sites for hydroxylation is 1. The lowest BCUT2D eigenvalue weighted by Gasteiger charge is -2.16.